The second-order valence-electron chi connectivity index (χ2n) is 2.51. The van der Waals surface area contributed by atoms with Crippen molar-refractivity contribution in [2.45, 2.75) is 0 Å². The minimum atomic E-state index is -4.17. The lowest BCUT2D eigenvalue weighted by atomic mass is 10.3. The largest absolute Gasteiger partial charge is 0.427 e. The van der Waals surface area contributed by atoms with E-state index < -0.39 is 15.3 Å². The number of carbonyl (C=O) groups is 1. The molecule has 0 aliphatic heterocycles. The van der Waals surface area contributed by atoms with E-state index in [2.05, 4.69) is 4.74 Å². The average molecular weight is 305 g/mol. The van der Waals surface area contributed by atoms with E-state index in [1.807, 2.05) is 0 Å². The van der Waals surface area contributed by atoms with Crippen molar-refractivity contribution in [1.29, 1.82) is 0 Å². The van der Waals surface area contributed by atoms with Crippen LogP contribution in [0.5, 0.6) is 5.75 Å². The SMILES string of the molecule is O=C(NS(=O)(=O)Cl)Oc1ccc(Cl)c(Cl)c1. The summed E-state index contributed by atoms with van der Waals surface area (Å²) in [4.78, 5) is 11.0. The van der Waals surface area contributed by atoms with Gasteiger partial charge in [-0.05, 0) is 12.1 Å². The van der Waals surface area contributed by atoms with Gasteiger partial charge >= 0.3 is 15.3 Å². The Morgan fingerprint density at radius 3 is 2.38 bits per heavy atom. The van der Waals surface area contributed by atoms with Crippen molar-refractivity contribution in [3.8, 4) is 5.75 Å². The zero-order chi connectivity index (χ0) is 12.3. The smallest absolute Gasteiger partial charge is 0.410 e. The Morgan fingerprint density at radius 2 is 1.88 bits per heavy atom. The number of rotatable bonds is 2. The molecule has 1 aromatic carbocycles. The van der Waals surface area contributed by atoms with Gasteiger partial charge in [-0.3, -0.25) is 0 Å². The standard InChI is InChI=1S/C7H4Cl3NO4S/c8-5-2-1-4(3-6(5)9)15-7(12)11-16(10,13)14/h1-3H,(H,11,12). The summed E-state index contributed by atoms with van der Waals surface area (Å²) in [7, 11) is 0.591. The fraction of sp³-hybridized carbons (Fsp3) is 0. The Bertz CT molecular complexity index is 516. The minimum Gasteiger partial charge on any atom is -0.410 e. The van der Waals surface area contributed by atoms with Crippen molar-refractivity contribution in [2.24, 2.45) is 0 Å². The van der Waals surface area contributed by atoms with Crippen LogP contribution in [0.15, 0.2) is 18.2 Å². The molecule has 0 bridgehead atoms. The third-order valence-corrected chi connectivity index (χ3v) is 2.69. The molecule has 0 radical (unpaired) electrons. The maximum atomic E-state index is 11.0. The van der Waals surface area contributed by atoms with Gasteiger partial charge in [0.05, 0.1) is 10.0 Å². The highest BCUT2D eigenvalue weighted by molar-refractivity contribution is 8.12. The van der Waals surface area contributed by atoms with E-state index in [1.54, 1.807) is 0 Å². The number of hydrogen-bond donors (Lipinski definition) is 1. The Hall–Kier alpha value is -0.690. The molecule has 0 saturated carbocycles. The number of hydrogen-bond acceptors (Lipinski definition) is 4. The van der Waals surface area contributed by atoms with Crippen LogP contribution in [0.3, 0.4) is 0 Å². The zero-order valence-corrected chi connectivity index (χ0v) is 10.5. The van der Waals surface area contributed by atoms with Crippen molar-refractivity contribution in [3.63, 3.8) is 0 Å². The van der Waals surface area contributed by atoms with Crippen LogP contribution in [-0.2, 0) is 9.24 Å². The average Bonchev–Trinajstić information content (AvgIpc) is 2.08. The van der Waals surface area contributed by atoms with Crippen LogP contribution in [0.2, 0.25) is 10.0 Å². The number of halogens is 3. The van der Waals surface area contributed by atoms with Crippen molar-refractivity contribution in [2.75, 3.05) is 0 Å². The first-order chi connectivity index (χ1) is 7.28. The first-order valence-corrected chi connectivity index (χ1v) is 6.74. The molecule has 16 heavy (non-hydrogen) atoms. The second-order valence-corrected chi connectivity index (χ2v) is 5.62. The van der Waals surface area contributed by atoms with Crippen molar-refractivity contribution < 1.29 is 17.9 Å². The predicted octanol–water partition coefficient (Wildman–Crippen LogP) is 2.57. The predicted molar refractivity (Wildman–Crippen MR) is 60.4 cm³/mol. The van der Waals surface area contributed by atoms with Gasteiger partial charge in [-0.25, -0.2) is 9.52 Å². The molecule has 0 atom stereocenters. The lowest BCUT2D eigenvalue weighted by molar-refractivity contribution is 0.207. The van der Waals surface area contributed by atoms with E-state index in [0.717, 1.165) is 0 Å². The molecular weight excluding hydrogens is 301 g/mol. The molecule has 88 valence electrons. The van der Waals surface area contributed by atoms with Crippen LogP contribution < -0.4 is 9.46 Å². The van der Waals surface area contributed by atoms with Crippen LogP contribution >= 0.6 is 33.9 Å². The van der Waals surface area contributed by atoms with Crippen molar-refractivity contribution >= 4 is 49.2 Å². The Morgan fingerprint density at radius 1 is 1.25 bits per heavy atom. The van der Waals surface area contributed by atoms with Gasteiger partial charge in [0.25, 0.3) is 0 Å². The monoisotopic (exact) mass is 303 g/mol. The molecule has 0 aliphatic carbocycles. The molecule has 0 unspecified atom stereocenters. The van der Waals surface area contributed by atoms with Gasteiger partial charge < -0.3 is 4.74 Å². The van der Waals surface area contributed by atoms with Crippen LogP contribution in [0.4, 0.5) is 4.79 Å². The third-order valence-electron chi connectivity index (χ3n) is 1.31. The number of benzene rings is 1. The molecule has 1 N–H and O–H groups in total. The van der Waals surface area contributed by atoms with E-state index in [4.69, 9.17) is 33.9 Å². The summed E-state index contributed by atoms with van der Waals surface area (Å²) in [5.74, 6) is 0.0345. The number of nitrogens with one attached hydrogen (secondary N) is 1. The molecule has 1 aromatic rings. The Kier molecular flexibility index (Phi) is 4.26. The van der Waals surface area contributed by atoms with Gasteiger partial charge in [-0.2, -0.15) is 8.42 Å². The zero-order valence-electron chi connectivity index (χ0n) is 7.41. The van der Waals surface area contributed by atoms with E-state index in [9.17, 15) is 13.2 Å². The van der Waals surface area contributed by atoms with Crippen molar-refractivity contribution in [1.82, 2.24) is 4.72 Å². The lowest BCUT2D eigenvalue weighted by Crippen LogP contribution is -2.29. The van der Waals surface area contributed by atoms with Crippen LogP contribution in [0, 0.1) is 0 Å². The quantitative estimate of drug-likeness (QED) is 0.852. The molecule has 5 nitrogen and oxygen atoms in total. The molecule has 0 fully saturated rings. The molecule has 9 heteroatoms. The summed E-state index contributed by atoms with van der Waals surface area (Å²) in [6, 6.07) is 3.99. The molecule has 0 heterocycles. The summed E-state index contributed by atoms with van der Waals surface area (Å²) in [6.45, 7) is 0. The van der Waals surface area contributed by atoms with Gasteiger partial charge in [0.2, 0.25) is 0 Å². The van der Waals surface area contributed by atoms with E-state index >= 15 is 0 Å². The third kappa shape index (κ3) is 4.44. The first kappa shape index (κ1) is 13.4. The summed E-state index contributed by atoms with van der Waals surface area (Å²) in [5.41, 5.74) is 0. The Balaban J connectivity index is 2.74. The summed E-state index contributed by atoms with van der Waals surface area (Å²) >= 11 is 11.3. The highest BCUT2D eigenvalue weighted by Crippen LogP contribution is 2.26. The minimum absolute atomic E-state index is 0.0345. The van der Waals surface area contributed by atoms with Gasteiger partial charge in [-0.1, -0.05) is 23.2 Å². The van der Waals surface area contributed by atoms with Gasteiger partial charge in [0, 0.05) is 16.7 Å². The van der Waals surface area contributed by atoms with Crippen molar-refractivity contribution in [3.05, 3.63) is 28.2 Å². The van der Waals surface area contributed by atoms with E-state index in [-0.39, 0.29) is 15.8 Å². The number of ether oxygens (including phenoxy) is 1. The molecule has 1 amide bonds. The van der Waals surface area contributed by atoms with Gasteiger partial charge in [0.15, 0.2) is 0 Å². The fourth-order valence-corrected chi connectivity index (χ4v) is 1.49. The maximum Gasteiger partial charge on any atom is 0.427 e. The molecule has 0 spiro atoms. The molecule has 0 aliphatic rings. The van der Waals surface area contributed by atoms with Crippen LogP contribution in [0.1, 0.15) is 0 Å². The van der Waals surface area contributed by atoms with Crippen LogP contribution in [0.25, 0.3) is 0 Å². The van der Waals surface area contributed by atoms with Gasteiger partial charge in [0.1, 0.15) is 5.75 Å². The fourth-order valence-electron chi connectivity index (χ4n) is 0.768. The number of amides is 1. The highest BCUT2D eigenvalue weighted by atomic mass is 35.7. The lowest BCUT2D eigenvalue weighted by Gasteiger charge is -2.04. The maximum absolute atomic E-state index is 11.0. The number of carbonyl (C=O) groups excluding carboxylic acids is 1. The molecule has 1 rings (SSSR count). The second kappa shape index (κ2) is 5.09. The van der Waals surface area contributed by atoms with Crippen LogP contribution in [-0.4, -0.2) is 14.5 Å². The summed E-state index contributed by atoms with van der Waals surface area (Å²) in [6.07, 6.45) is -1.24. The summed E-state index contributed by atoms with van der Waals surface area (Å²) in [5, 5.41) is 0.445. The molecule has 0 aromatic heterocycles. The molecule has 0 saturated heterocycles. The highest BCUT2D eigenvalue weighted by Gasteiger charge is 2.13. The molecular formula is C7H4Cl3NO4S. The summed E-state index contributed by atoms with van der Waals surface area (Å²) < 4.78 is 26.9. The Labute approximate surface area is 106 Å². The first-order valence-electron chi connectivity index (χ1n) is 3.67. The normalized spacial score (nSPS) is 10.9. The van der Waals surface area contributed by atoms with E-state index in [1.165, 1.54) is 22.9 Å². The van der Waals surface area contributed by atoms with Gasteiger partial charge in [-0.15, -0.1) is 0 Å². The topological polar surface area (TPSA) is 72.5 Å². The van der Waals surface area contributed by atoms with E-state index in [0.29, 0.717) is 0 Å².